The second-order valence-electron chi connectivity index (χ2n) is 6.01. The van der Waals surface area contributed by atoms with E-state index in [-0.39, 0.29) is 0 Å². The Hall–Kier alpha value is -1.48. The minimum atomic E-state index is 1.06. The molecule has 0 unspecified atom stereocenters. The van der Waals surface area contributed by atoms with Crippen LogP contribution in [0.25, 0.3) is 22.2 Å². The van der Waals surface area contributed by atoms with Gasteiger partial charge in [0.25, 0.3) is 0 Å². The maximum atomic E-state index is 4.97. The van der Waals surface area contributed by atoms with Gasteiger partial charge in [-0.15, -0.1) is 11.3 Å². The van der Waals surface area contributed by atoms with Gasteiger partial charge in [-0.3, -0.25) is 0 Å². The molecule has 2 aliphatic rings. The minimum Gasteiger partial charge on any atom is -0.243 e. The molecule has 0 saturated heterocycles. The first-order valence-corrected chi connectivity index (χ1v) is 8.99. The summed E-state index contributed by atoms with van der Waals surface area (Å²) in [6, 6.07) is 0. The van der Waals surface area contributed by atoms with Gasteiger partial charge >= 0.3 is 0 Å². The maximum Gasteiger partial charge on any atom is 0.100 e. The predicted molar refractivity (Wildman–Crippen MR) is 90.3 cm³/mol. The fourth-order valence-electron chi connectivity index (χ4n) is 3.35. The summed E-state index contributed by atoms with van der Waals surface area (Å²) in [7, 11) is 0. The molecule has 0 bridgehead atoms. The highest BCUT2D eigenvalue weighted by atomic mass is 32.1. The van der Waals surface area contributed by atoms with Crippen LogP contribution in [0.1, 0.15) is 62.8 Å². The molecule has 0 spiro atoms. The van der Waals surface area contributed by atoms with Crippen molar-refractivity contribution in [2.45, 2.75) is 51.4 Å². The Balaban J connectivity index is 1.89. The van der Waals surface area contributed by atoms with Crippen LogP contribution in [0.5, 0.6) is 0 Å². The second kappa shape index (κ2) is 5.72. The largest absolute Gasteiger partial charge is 0.243 e. The van der Waals surface area contributed by atoms with Gasteiger partial charge in [-0.25, -0.2) is 9.97 Å². The highest BCUT2D eigenvalue weighted by molar-refractivity contribution is 7.09. The average Bonchev–Trinajstić information content (AvgIpc) is 3.03. The fraction of sp³-hybridized carbons (Fsp3) is 0.444. The Morgan fingerprint density at radius 2 is 1.24 bits per heavy atom. The van der Waals surface area contributed by atoms with E-state index in [9.17, 15) is 0 Å². The maximum absolute atomic E-state index is 4.97. The molecule has 0 radical (unpaired) electrons. The van der Waals surface area contributed by atoms with E-state index in [0.717, 1.165) is 35.3 Å². The first-order chi connectivity index (χ1) is 10.4. The zero-order valence-corrected chi connectivity index (χ0v) is 13.1. The lowest BCUT2D eigenvalue weighted by molar-refractivity contribution is 0.733. The fourth-order valence-corrected chi connectivity index (χ4v) is 4.02. The van der Waals surface area contributed by atoms with Crippen molar-refractivity contribution in [3.63, 3.8) is 0 Å². The number of aromatic nitrogens is 2. The average molecular weight is 296 g/mol. The van der Waals surface area contributed by atoms with Crippen LogP contribution in [-0.2, 0) is 0 Å². The summed E-state index contributed by atoms with van der Waals surface area (Å²) < 4.78 is 0. The molecule has 0 aromatic carbocycles. The van der Waals surface area contributed by atoms with Crippen LogP contribution < -0.4 is 0 Å². The molecule has 0 aliphatic heterocycles. The van der Waals surface area contributed by atoms with E-state index in [1.807, 2.05) is 0 Å². The summed E-state index contributed by atoms with van der Waals surface area (Å²) in [5.74, 6) is 0. The van der Waals surface area contributed by atoms with Crippen molar-refractivity contribution in [2.75, 3.05) is 0 Å². The number of fused-ring (bicyclic) bond motifs is 1. The first kappa shape index (κ1) is 13.2. The first-order valence-electron chi connectivity index (χ1n) is 8.04. The molecule has 0 atom stereocenters. The van der Waals surface area contributed by atoms with E-state index in [0.29, 0.717) is 0 Å². The van der Waals surface area contributed by atoms with E-state index >= 15 is 0 Å². The van der Waals surface area contributed by atoms with Crippen molar-refractivity contribution >= 4 is 33.5 Å². The van der Waals surface area contributed by atoms with Crippen molar-refractivity contribution in [2.24, 2.45) is 0 Å². The molecule has 21 heavy (non-hydrogen) atoms. The van der Waals surface area contributed by atoms with E-state index in [2.05, 4.69) is 22.9 Å². The Labute approximate surface area is 129 Å². The quantitative estimate of drug-likeness (QED) is 0.720. The topological polar surface area (TPSA) is 25.8 Å². The third-order valence-electron chi connectivity index (χ3n) is 4.50. The normalized spacial score (nSPS) is 19.4. The third-order valence-corrected chi connectivity index (χ3v) is 5.22. The Bertz CT molecular complexity index is 664. The Morgan fingerprint density at radius 3 is 1.67 bits per heavy atom. The molecule has 0 amide bonds. The van der Waals surface area contributed by atoms with Gasteiger partial charge in [0.05, 0.1) is 11.4 Å². The van der Waals surface area contributed by atoms with Gasteiger partial charge < -0.3 is 0 Å². The summed E-state index contributed by atoms with van der Waals surface area (Å²) in [5, 5.41) is 4.24. The van der Waals surface area contributed by atoms with Crippen LogP contribution in [0, 0.1) is 0 Å². The van der Waals surface area contributed by atoms with Crippen molar-refractivity contribution in [3.8, 4) is 0 Å². The number of rotatable bonds is 2. The molecular weight excluding hydrogens is 276 g/mol. The number of hydrogen-bond acceptors (Lipinski definition) is 3. The van der Waals surface area contributed by atoms with Gasteiger partial charge in [-0.05, 0) is 62.5 Å². The molecule has 2 aliphatic carbocycles. The SMILES string of the molecule is C1=C(c2nc3cscc3nc2C2=CCCCC2)CCCC1. The standard InChI is InChI=1S/C18H20N2S/c1-3-7-13(8-4-1)17-18(14-9-5-2-6-10-14)20-16-12-21-11-15(16)19-17/h7,9,11-12H,1-6,8,10H2. The molecule has 0 N–H and O–H groups in total. The van der Waals surface area contributed by atoms with Crippen molar-refractivity contribution in [1.82, 2.24) is 9.97 Å². The van der Waals surface area contributed by atoms with Crippen LogP contribution in [0.2, 0.25) is 0 Å². The van der Waals surface area contributed by atoms with Crippen LogP contribution in [0.15, 0.2) is 22.9 Å². The van der Waals surface area contributed by atoms with Crippen molar-refractivity contribution in [3.05, 3.63) is 34.3 Å². The lowest BCUT2D eigenvalue weighted by Gasteiger charge is -2.18. The third kappa shape index (κ3) is 2.55. The highest BCUT2D eigenvalue weighted by Gasteiger charge is 2.19. The van der Waals surface area contributed by atoms with Crippen LogP contribution >= 0.6 is 11.3 Å². The summed E-state index contributed by atoms with van der Waals surface area (Å²) in [5.41, 5.74) is 7.28. The lowest BCUT2D eigenvalue weighted by Crippen LogP contribution is -2.04. The van der Waals surface area contributed by atoms with E-state index in [4.69, 9.17) is 9.97 Å². The monoisotopic (exact) mass is 296 g/mol. The molecule has 2 aromatic heterocycles. The van der Waals surface area contributed by atoms with Crippen LogP contribution in [-0.4, -0.2) is 9.97 Å². The summed E-state index contributed by atoms with van der Waals surface area (Å²) in [4.78, 5) is 9.95. The number of thiophene rings is 1. The van der Waals surface area contributed by atoms with Crippen LogP contribution in [0.3, 0.4) is 0 Å². The van der Waals surface area contributed by atoms with Gasteiger partial charge in [0.15, 0.2) is 0 Å². The van der Waals surface area contributed by atoms with Gasteiger partial charge in [-0.1, -0.05) is 12.2 Å². The van der Waals surface area contributed by atoms with Gasteiger partial charge in [0.2, 0.25) is 0 Å². The Kier molecular flexibility index (Phi) is 3.60. The second-order valence-corrected chi connectivity index (χ2v) is 6.76. The minimum absolute atomic E-state index is 1.06. The zero-order valence-electron chi connectivity index (χ0n) is 12.3. The zero-order chi connectivity index (χ0) is 14.1. The van der Waals surface area contributed by atoms with Crippen LogP contribution in [0.4, 0.5) is 0 Å². The highest BCUT2D eigenvalue weighted by Crippen LogP contribution is 2.35. The lowest BCUT2D eigenvalue weighted by atomic mass is 9.90. The van der Waals surface area contributed by atoms with E-state index < -0.39 is 0 Å². The number of nitrogens with zero attached hydrogens (tertiary/aromatic N) is 2. The van der Waals surface area contributed by atoms with Gasteiger partial charge in [0.1, 0.15) is 11.0 Å². The smallest absolute Gasteiger partial charge is 0.100 e. The molecule has 0 fully saturated rings. The number of allylic oxidation sites excluding steroid dienone is 4. The molecule has 2 nitrogen and oxygen atoms in total. The summed E-state index contributed by atoms with van der Waals surface area (Å²) in [6.07, 6.45) is 14.7. The predicted octanol–water partition coefficient (Wildman–Crippen LogP) is 5.61. The number of hydrogen-bond donors (Lipinski definition) is 0. The molecule has 4 rings (SSSR count). The van der Waals surface area contributed by atoms with Gasteiger partial charge in [-0.2, -0.15) is 0 Å². The summed E-state index contributed by atoms with van der Waals surface area (Å²) in [6.45, 7) is 0. The van der Waals surface area contributed by atoms with Gasteiger partial charge in [0, 0.05) is 10.8 Å². The van der Waals surface area contributed by atoms with Crippen molar-refractivity contribution in [1.29, 1.82) is 0 Å². The Morgan fingerprint density at radius 1 is 0.714 bits per heavy atom. The van der Waals surface area contributed by atoms with E-state index in [1.54, 1.807) is 11.3 Å². The summed E-state index contributed by atoms with van der Waals surface area (Å²) >= 11 is 1.70. The molecule has 0 saturated carbocycles. The van der Waals surface area contributed by atoms with Crippen molar-refractivity contribution < 1.29 is 0 Å². The molecular formula is C18H20N2S. The molecule has 108 valence electrons. The molecule has 3 heteroatoms. The molecule has 2 aromatic rings. The molecule has 2 heterocycles. The van der Waals surface area contributed by atoms with E-state index in [1.165, 1.54) is 49.7 Å².